The van der Waals surface area contributed by atoms with Gasteiger partial charge in [0.25, 0.3) is 11.8 Å². The van der Waals surface area contributed by atoms with E-state index in [1.807, 2.05) is 0 Å². The van der Waals surface area contributed by atoms with Crippen molar-refractivity contribution in [2.24, 2.45) is 0 Å². The molecule has 0 saturated carbocycles. The largest absolute Gasteiger partial charge is 0.508 e. The molecule has 0 spiro atoms. The molecular weight excluding hydrogens is 396 g/mol. The molecule has 0 bridgehead atoms. The topological polar surface area (TPSA) is 169 Å². The van der Waals surface area contributed by atoms with Crippen LogP contribution in [0.5, 0.6) is 11.5 Å². The number of phenols is 2. The van der Waals surface area contributed by atoms with E-state index in [0.29, 0.717) is 0 Å². The maximum Gasteiger partial charge on any atom is 0.251 e. The first kappa shape index (κ1) is 21.5. The van der Waals surface area contributed by atoms with Gasteiger partial charge < -0.3 is 40.9 Å². The quantitative estimate of drug-likeness (QED) is 0.316. The molecule has 10 heteroatoms. The lowest BCUT2D eigenvalue weighted by Crippen LogP contribution is -2.56. The summed E-state index contributed by atoms with van der Waals surface area (Å²) in [4.78, 5) is 24.3. The Balaban J connectivity index is 1.57. The molecule has 1 heterocycles. The Morgan fingerprint density at radius 2 is 1.33 bits per heavy atom. The zero-order chi connectivity index (χ0) is 21.9. The van der Waals surface area contributed by atoms with E-state index in [1.165, 1.54) is 48.5 Å². The fraction of sp³-hybridized carbons (Fsp3) is 0.300. The number of benzene rings is 2. The predicted octanol–water partition coefficient (Wildman–Crippen LogP) is -0.933. The van der Waals surface area contributed by atoms with Gasteiger partial charge in [-0.25, -0.2) is 0 Å². The van der Waals surface area contributed by atoms with E-state index < -0.39 is 42.5 Å². The predicted molar refractivity (Wildman–Crippen MR) is 103 cm³/mol. The van der Waals surface area contributed by atoms with Crippen molar-refractivity contribution >= 4 is 11.8 Å². The highest BCUT2D eigenvalue weighted by Gasteiger charge is 2.55. The first-order valence-electron chi connectivity index (χ1n) is 9.09. The SMILES string of the molecule is O=C(NC[C@H]1OC(O)[C@@](O)(CNC(=O)c2ccc(O)cc2)[C@@H]1O)c1ccc(O)cc1. The van der Waals surface area contributed by atoms with Gasteiger partial charge in [0.2, 0.25) is 0 Å². The molecule has 0 aromatic heterocycles. The van der Waals surface area contributed by atoms with Gasteiger partial charge in [0.15, 0.2) is 11.9 Å². The van der Waals surface area contributed by atoms with Crippen LogP contribution in [0.4, 0.5) is 0 Å². The number of nitrogens with one attached hydrogen (secondary N) is 2. The third-order valence-corrected chi connectivity index (χ3v) is 4.85. The number of aliphatic hydroxyl groups is 3. The highest BCUT2D eigenvalue weighted by atomic mass is 16.6. The van der Waals surface area contributed by atoms with Crippen LogP contribution in [0.25, 0.3) is 0 Å². The molecule has 10 nitrogen and oxygen atoms in total. The summed E-state index contributed by atoms with van der Waals surface area (Å²) >= 11 is 0. The van der Waals surface area contributed by atoms with Crippen LogP contribution in [0, 0.1) is 0 Å². The molecule has 1 aliphatic rings. The van der Waals surface area contributed by atoms with Gasteiger partial charge in [-0.1, -0.05) is 0 Å². The maximum atomic E-state index is 12.2. The molecule has 1 saturated heterocycles. The molecule has 2 amide bonds. The molecule has 3 rings (SSSR count). The van der Waals surface area contributed by atoms with Gasteiger partial charge in [-0.2, -0.15) is 0 Å². The lowest BCUT2D eigenvalue weighted by atomic mass is 9.94. The number of amides is 2. The molecule has 1 fully saturated rings. The highest BCUT2D eigenvalue weighted by Crippen LogP contribution is 2.29. The van der Waals surface area contributed by atoms with Crippen LogP contribution in [-0.4, -0.2) is 74.5 Å². The van der Waals surface area contributed by atoms with Crippen molar-refractivity contribution in [3.63, 3.8) is 0 Å². The second kappa shape index (κ2) is 8.67. The third kappa shape index (κ3) is 4.52. The summed E-state index contributed by atoms with van der Waals surface area (Å²) in [6.07, 6.45) is -4.53. The van der Waals surface area contributed by atoms with Crippen LogP contribution < -0.4 is 10.6 Å². The van der Waals surface area contributed by atoms with E-state index in [1.54, 1.807) is 0 Å². The van der Waals surface area contributed by atoms with Gasteiger partial charge in [0, 0.05) is 17.7 Å². The number of rotatable bonds is 6. The molecule has 160 valence electrons. The van der Waals surface area contributed by atoms with Crippen molar-refractivity contribution in [3.8, 4) is 11.5 Å². The summed E-state index contributed by atoms with van der Waals surface area (Å²) in [6, 6.07) is 10.9. The minimum Gasteiger partial charge on any atom is -0.508 e. The Morgan fingerprint density at radius 3 is 1.83 bits per heavy atom. The van der Waals surface area contributed by atoms with Crippen molar-refractivity contribution in [3.05, 3.63) is 59.7 Å². The number of aromatic hydroxyl groups is 2. The number of hydrogen-bond donors (Lipinski definition) is 7. The van der Waals surface area contributed by atoms with Crippen LogP contribution in [-0.2, 0) is 4.74 Å². The second-order valence-corrected chi connectivity index (χ2v) is 6.95. The standard InChI is InChI=1S/C20H22N2O8/c23-13-5-1-11(2-6-13)17(26)21-9-15-16(25)20(29,19(28)30-15)10-22-18(27)12-3-7-14(24)8-4-12/h1-8,15-16,19,23-25,28-29H,9-10H2,(H,21,26)(H,22,27)/t15-,16-,19?,20-/m1/s1. The second-order valence-electron chi connectivity index (χ2n) is 6.95. The number of aliphatic hydroxyl groups excluding tert-OH is 2. The molecule has 1 aliphatic heterocycles. The fourth-order valence-electron chi connectivity index (χ4n) is 3.02. The van der Waals surface area contributed by atoms with Gasteiger partial charge in [-0.05, 0) is 48.5 Å². The van der Waals surface area contributed by atoms with Crippen molar-refractivity contribution in [1.82, 2.24) is 10.6 Å². The van der Waals surface area contributed by atoms with Gasteiger partial charge in [0.1, 0.15) is 23.7 Å². The summed E-state index contributed by atoms with van der Waals surface area (Å²) in [7, 11) is 0. The van der Waals surface area contributed by atoms with Crippen LogP contribution in [0.1, 0.15) is 20.7 Å². The van der Waals surface area contributed by atoms with E-state index >= 15 is 0 Å². The van der Waals surface area contributed by atoms with Crippen LogP contribution >= 0.6 is 0 Å². The molecule has 1 unspecified atom stereocenters. The van der Waals surface area contributed by atoms with Crippen molar-refractivity contribution in [1.29, 1.82) is 0 Å². The Hall–Kier alpha value is -3.18. The minimum atomic E-state index is -2.19. The summed E-state index contributed by atoms with van der Waals surface area (Å²) in [6.45, 7) is -0.733. The summed E-state index contributed by atoms with van der Waals surface area (Å²) in [5.41, 5.74) is -1.73. The van der Waals surface area contributed by atoms with E-state index in [9.17, 15) is 35.1 Å². The first-order valence-corrected chi connectivity index (χ1v) is 9.09. The zero-order valence-electron chi connectivity index (χ0n) is 15.7. The van der Waals surface area contributed by atoms with E-state index in [-0.39, 0.29) is 29.2 Å². The van der Waals surface area contributed by atoms with Gasteiger partial charge in [-0.15, -0.1) is 0 Å². The molecule has 2 aromatic rings. The van der Waals surface area contributed by atoms with Gasteiger partial charge in [0.05, 0.1) is 6.54 Å². The lowest BCUT2D eigenvalue weighted by molar-refractivity contribution is -0.172. The smallest absolute Gasteiger partial charge is 0.251 e. The maximum absolute atomic E-state index is 12.2. The van der Waals surface area contributed by atoms with Crippen molar-refractivity contribution in [2.45, 2.75) is 24.1 Å². The fourth-order valence-corrected chi connectivity index (χ4v) is 3.02. The third-order valence-electron chi connectivity index (χ3n) is 4.85. The summed E-state index contributed by atoms with van der Waals surface area (Å²) in [5, 5.41) is 54.5. The molecular formula is C20H22N2O8. The number of phenolic OH excluding ortho intramolecular Hbond substituents is 2. The van der Waals surface area contributed by atoms with Crippen LogP contribution in [0.3, 0.4) is 0 Å². The monoisotopic (exact) mass is 418 g/mol. The normalized spacial score (nSPS) is 25.6. The first-order chi connectivity index (χ1) is 14.2. The van der Waals surface area contributed by atoms with Gasteiger partial charge >= 0.3 is 0 Å². The minimum absolute atomic E-state index is 0.00337. The number of ether oxygens (including phenoxy) is 1. The average molecular weight is 418 g/mol. The Morgan fingerprint density at radius 1 is 0.867 bits per heavy atom. The molecule has 4 atom stereocenters. The van der Waals surface area contributed by atoms with Crippen LogP contribution in [0.2, 0.25) is 0 Å². The highest BCUT2D eigenvalue weighted by molar-refractivity contribution is 5.94. The van der Waals surface area contributed by atoms with Gasteiger partial charge in [-0.3, -0.25) is 9.59 Å². The number of carbonyl (C=O) groups excluding carboxylic acids is 2. The molecule has 30 heavy (non-hydrogen) atoms. The van der Waals surface area contributed by atoms with Crippen LogP contribution in [0.15, 0.2) is 48.5 Å². The van der Waals surface area contributed by atoms with Crippen molar-refractivity contribution in [2.75, 3.05) is 13.1 Å². The van der Waals surface area contributed by atoms with E-state index in [4.69, 9.17) is 4.74 Å². The molecule has 7 N–H and O–H groups in total. The summed E-state index contributed by atoms with van der Waals surface area (Å²) < 4.78 is 5.16. The number of hydrogen-bond acceptors (Lipinski definition) is 8. The Bertz CT molecular complexity index is 902. The summed E-state index contributed by atoms with van der Waals surface area (Å²) in [5.74, 6) is -1.11. The van der Waals surface area contributed by atoms with E-state index in [2.05, 4.69) is 10.6 Å². The average Bonchev–Trinajstić information content (AvgIpc) is 2.95. The number of carbonyl (C=O) groups is 2. The molecule has 0 radical (unpaired) electrons. The molecule has 0 aliphatic carbocycles. The van der Waals surface area contributed by atoms with Crippen molar-refractivity contribution < 1.29 is 39.9 Å². The zero-order valence-corrected chi connectivity index (χ0v) is 15.7. The lowest BCUT2D eigenvalue weighted by Gasteiger charge is -2.28. The molecule has 2 aromatic carbocycles. The van der Waals surface area contributed by atoms with E-state index in [0.717, 1.165) is 0 Å². The Kier molecular flexibility index (Phi) is 6.22. The Labute approximate surface area is 171 Å².